The molecule has 0 aliphatic heterocycles. The highest BCUT2D eigenvalue weighted by molar-refractivity contribution is 7.92. The number of hydrogen-bond donors (Lipinski definition) is 3. The zero-order valence-electron chi connectivity index (χ0n) is 22.9. The SMILES string of the molecule is COc1c(NC(=O)Nc2ccc(Oc3cc(C)nc(C)n3)c3ccccc23)cc(C(F)(F)C(F)(F)F)cc1NS(C)(=O)=O. The number of amides is 2. The molecule has 0 atom stereocenters. The number of urea groups is 1. The second kappa shape index (κ2) is 11.5. The fraction of sp³-hybridized carbons (Fsp3) is 0.222. The highest BCUT2D eigenvalue weighted by Gasteiger charge is 2.59. The number of halogens is 5. The summed E-state index contributed by atoms with van der Waals surface area (Å²) in [5.74, 6) is -4.73. The highest BCUT2D eigenvalue weighted by Crippen LogP contribution is 2.48. The van der Waals surface area contributed by atoms with Crippen LogP contribution in [-0.2, 0) is 15.9 Å². The topological polar surface area (TPSA) is 132 Å². The van der Waals surface area contributed by atoms with Gasteiger partial charge in [0.05, 0.1) is 30.4 Å². The Morgan fingerprint density at radius 2 is 1.49 bits per heavy atom. The van der Waals surface area contributed by atoms with Crippen molar-refractivity contribution in [3.05, 3.63) is 71.7 Å². The minimum absolute atomic E-state index is 0.223. The zero-order valence-corrected chi connectivity index (χ0v) is 23.7. The molecule has 4 aromatic rings. The predicted molar refractivity (Wildman–Crippen MR) is 150 cm³/mol. The third-order valence-electron chi connectivity index (χ3n) is 5.84. The lowest BCUT2D eigenvalue weighted by atomic mass is 10.1. The van der Waals surface area contributed by atoms with E-state index in [-0.39, 0.29) is 17.6 Å². The average Bonchev–Trinajstić information content (AvgIpc) is 2.88. The number of anilines is 3. The molecule has 0 saturated carbocycles. The third-order valence-corrected chi connectivity index (χ3v) is 6.44. The Labute approximate surface area is 242 Å². The molecule has 0 bridgehead atoms. The molecule has 0 spiro atoms. The van der Waals surface area contributed by atoms with Crippen LogP contribution >= 0.6 is 0 Å². The Hall–Kier alpha value is -4.73. The summed E-state index contributed by atoms with van der Waals surface area (Å²) in [5, 5.41) is 5.73. The van der Waals surface area contributed by atoms with Gasteiger partial charge >= 0.3 is 18.1 Å². The molecule has 0 radical (unpaired) electrons. The molecule has 0 unspecified atom stereocenters. The number of ether oxygens (including phenoxy) is 2. The Kier molecular flexibility index (Phi) is 8.35. The molecule has 1 heterocycles. The molecule has 3 N–H and O–H groups in total. The maximum atomic E-state index is 14.3. The molecule has 0 aliphatic rings. The van der Waals surface area contributed by atoms with Crippen molar-refractivity contribution in [2.45, 2.75) is 25.9 Å². The van der Waals surface area contributed by atoms with Crippen LogP contribution in [-0.4, -0.2) is 44.0 Å². The summed E-state index contributed by atoms with van der Waals surface area (Å²) in [7, 11) is -3.15. The van der Waals surface area contributed by atoms with Gasteiger partial charge in [-0.25, -0.2) is 18.2 Å². The van der Waals surface area contributed by atoms with Crippen LogP contribution in [0.5, 0.6) is 17.4 Å². The van der Waals surface area contributed by atoms with Crippen molar-refractivity contribution in [2.24, 2.45) is 0 Å². The van der Waals surface area contributed by atoms with Gasteiger partial charge < -0.3 is 20.1 Å². The summed E-state index contributed by atoms with van der Waals surface area (Å²) in [6.07, 6.45) is -5.36. The van der Waals surface area contributed by atoms with Gasteiger partial charge in [0.15, 0.2) is 5.75 Å². The number of benzene rings is 3. The largest absolute Gasteiger partial charge is 0.492 e. The smallest absolute Gasteiger partial charge is 0.458 e. The Morgan fingerprint density at radius 3 is 2.09 bits per heavy atom. The van der Waals surface area contributed by atoms with Gasteiger partial charge in [-0.2, -0.15) is 26.9 Å². The summed E-state index contributed by atoms with van der Waals surface area (Å²) >= 11 is 0. The van der Waals surface area contributed by atoms with Crippen molar-refractivity contribution in [3.63, 3.8) is 0 Å². The molecule has 2 amide bonds. The molecular weight excluding hydrogens is 601 g/mol. The molecule has 0 aliphatic carbocycles. The number of sulfonamides is 1. The monoisotopic (exact) mass is 625 g/mol. The van der Waals surface area contributed by atoms with Gasteiger partial charge in [-0.15, -0.1) is 0 Å². The lowest BCUT2D eigenvalue weighted by Gasteiger charge is -2.23. The fourth-order valence-corrected chi connectivity index (χ4v) is 4.71. The van der Waals surface area contributed by atoms with Crippen molar-refractivity contribution in [1.29, 1.82) is 0 Å². The second-order valence-corrected chi connectivity index (χ2v) is 11.0. The summed E-state index contributed by atoms with van der Waals surface area (Å²) in [5.41, 5.74) is -2.13. The first-order valence-corrected chi connectivity index (χ1v) is 14.1. The molecule has 10 nitrogen and oxygen atoms in total. The van der Waals surface area contributed by atoms with Crippen molar-refractivity contribution >= 4 is 43.9 Å². The molecule has 4 rings (SSSR count). The molecule has 0 saturated heterocycles. The zero-order chi connectivity index (χ0) is 31.7. The van der Waals surface area contributed by atoms with Gasteiger partial charge in [-0.3, -0.25) is 4.72 Å². The number of aryl methyl sites for hydroxylation is 2. The Morgan fingerprint density at radius 1 is 0.860 bits per heavy atom. The van der Waals surface area contributed by atoms with Gasteiger partial charge in [0.2, 0.25) is 15.9 Å². The van der Waals surface area contributed by atoms with Gasteiger partial charge in [0.25, 0.3) is 0 Å². The van der Waals surface area contributed by atoms with E-state index in [0.717, 1.165) is 7.11 Å². The van der Waals surface area contributed by atoms with E-state index in [4.69, 9.17) is 9.47 Å². The van der Waals surface area contributed by atoms with E-state index in [9.17, 15) is 35.2 Å². The number of rotatable bonds is 8. The first-order valence-electron chi connectivity index (χ1n) is 12.2. The van der Waals surface area contributed by atoms with E-state index in [0.29, 0.717) is 40.4 Å². The van der Waals surface area contributed by atoms with Crippen LogP contribution in [0.3, 0.4) is 0 Å². The lowest BCUT2D eigenvalue weighted by molar-refractivity contribution is -0.289. The van der Waals surface area contributed by atoms with Crippen LogP contribution in [0.4, 0.5) is 43.8 Å². The van der Waals surface area contributed by atoms with Crippen LogP contribution in [0.1, 0.15) is 17.1 Å². The number of aromatic nitrogens is 2. The normalized spacial score (nSPS) is 12.1. The van der Waals surface area contributed by atoms with Crippen molar-refractivity contribution in [3.8, 4) is 17.4 Å². The van der Waals surface area contributed by atoms with Crippen molar-refractivity contribution in [1.82, 2.24) is 9.97 Å². The number of methoxy groups -OCH3 is 1. The minimum Gasteiger partial charge on any atom is -0.492 e. The number of hydrogen-bond acceptors (Lipinski definition) is 7. The first kappa shape index (κ1) is 31.2. The quantitative estimate of drug-likeness (QED) is 0.185. The van der Waals surface area contributed by atoms with E-state index < -0.39 is 50.8 Å². The maximum absolute atomic E-state index is 14.3. The van der Waals surface area contributed by atoms with Crippen LogP contribution in [0, 0.1) is 13.8 Å². The van der Waals surface area contributed by atoms with Crippen LogP contribution in [0.2, 0.25) is 0 Å². The van der Waals surface area contributed by atoms with Crippen molar-refractivity contribution < 1.29 is 44.6 Å². The van der Waals surface area contributed by atoms with E-state index in [1.165, 1.54) is 6.07 Å². The Balaban J connectivity index is 1.70. The number of nitrogens with one attached hydrogen (secondary N) is 3. The molecule has 43 heavy (non-hydrogen) atoms. The first-order chi connectivity index (χ1) is 20.0. The van der Waals surface area contributed by atoms with Gasteiger partial charge in [-0.05, 0) is 38.1 Å². The summed E-state index contributed by atoms with van der Waals surface area (Å²) in [6.45, 7) is 3.49. The number of nitrogens with zero attached hydrogens (tertiary/aromatic N) is 2. The third kappa shape index (κ3) is 7.02. The summed E-state index contributed by atoms with van der Waals surface area (Å²) < 4.78 is 105. The molecule has 228 valence electrons. The minimum atomic E-state index is -6.02. The van der Waals surface area contributed by atoms with Gasteiger partial charge in [0.1, 0.15) is 11.6 Å². The number of carbonyl (C=O) groups is 1. The Bertz CT molecular complexity index is 1800. The maximum Gasteiger partial charge on any atom is 0.458 e. The van der Waals surface area contributed by atoms with E-state index >= 15 is 0 Å². The average molecular weight is 626 g/mol. The van der Waals surface area contributed by atoms with E-state index in [2.05, 4.69) is 20.6 Å². The molecule has 1 aromatic heterocycles. The van der Waals surface area contributed by atoms with E-state index in [1.807, 2.05) is 4.72 Å². The lowest BCUT2D eigenvalue weighted by Crippen LogP contribution is -2.34. The number of alkyl halides is 5. The van der Waals surface area contributed by atoms with Gasteiger partial charge in [-0.1, -0.05) is 24.3 Å². The summed E-state index contributed by atoms with van der Waals surface area (Å²) in [4.78, 5) is 21.5. The number of fused-ring (bicyclic) bond motifs is 1. The van der Waals surface area contributed by atoms with Crippen LogP contribution in [0.25, 0.3) is 10.8 Å². The van der Waals surface area contributed by atoms with Gasteiger partial charge in [0, 0.05) is 28.1 Å². The fourth-order valence-electron chi connectivity index (χ4n) is 4.16. The molecule has 3 aromatic carbocycles. The highest BCUT2D eigenvalue weighted by atomic mass is 32.2. The second-order valence-electron chi connectivity index (χ2n) is 9.28. The van der Waals surface area contributed by atoms with Crippen molar-refractivity contribution in [2.75, 3.05) is 28.7 Å². The molecule has 16 heteroatoms. The molecular formula is C27H24F5N5O5S. The van der Waals surface area contributed by atoms with Crippen LogP contribution in [0.15, 0.2) is 54.6 Å². The van der Waals surface area contributed by atoms with Crippen LogP contribution < -0.4 is 24.8 Å². The molecule has 0 fully saturated rings. The number of carbonyl (C=O) groups excluding carboxylic acids is 1. The predicted octanol–water partition coefficient (Wildman–Crippen LogP) is 6.72. The van der Waals surface area contributed by atoms with E-state index in [1.54, 1.807) is 50.2 Å². The standard InChI is InChI=1S/C27H24F5N5O5S/c1-14-11-23(34-15(2)33-14)42-22-10-9-19(17-7-5-6-8-18(17)22)35-25(38)36-20-12-16(26(28,29)27(30,31)32)13-21(24(20)41-3)37-43(4,39)40/h5-13,37H,1-4H3,(H2,35,36,38). The summed E-state index contributed by atoms with van der Waals surface area (Å²) in [6, 6.07) is 11.0.